The van der Waals surface area contributed by atoms with Crippen molar-refractivity contribution in [1.29, 1.82) is 0 Å². The van der Waals surface area contributed by atoms with E-state index in [0.29, 0.717) is 10.6 Å². The van der Waals surface area contributed by atoms with E-state index in [4.69, 9.17) is 11.6 Å². The fraction of sp³-hybridized carbons (Fsp3) is 0.238. The Kier molecular flexibility index (Phi) is 6.11. The average molecular weight is 480 g/mol. The van der Waals surface area contributed by atoms with E-state index in [1.807, 2.05) is 30.3 Å². The van der Waals surface area contributed by atoms with E-state index in [2.05, 4.69) is 4.98 Å². The van der Waals surface area contributed by atoms with Crippen LogP contribution in [0.3, 0.4) is 0 Å². The molecule has 1 saturated heterocycles. The highest BCUT2D eigenvalue weighted by Crippen LogP contribution is 2.29. The monoisotopic (exact) mass is 479 g/mol. The molecular weight excluding hydrogens is 461 g/mol. The zero-order valence-electron chi connectivity index (χ0n) is 16.6. The first-order valence-corrected chi connectivity index (χ1v) is 12.2. The molecule has 2 aromatic carbocycles. The minimum Gasteiger partial charge on any atom is -0.335 e. The predicted molar refractivity (Wildman–Crippen MR) is 118 cm³/mol. The molecule has 0 spiro atoms. The number of nitrogens with zero attached hydrogens (tertiary/aromatic N) is 3. The van der Waals surface area contributed by atoms with E-state index in [9.17, 15) is 17.6 Å². The number of hydrogen-bond donors (Lipinski definition) is 0. The van der Waals surface area contributed by atoms with E-state index in [0.717, 1.165) is 22.7 Å². The van der Waals surface area contributed by atoms with Crippen LogP contribution in [-0.4, -0.2) is 54.7 Å². The molecule has 0 radical (unpaired) electrons. The van der Waals surface area contributed by atoms with Crippen molar-refractivity contribution < 1.29 is 17.6 Å². The van der Waals surface area contributed by atoms with Crippen LogP contribution in [0.15, 0.2) is 53.4 Å². The second-order valence-electron chi connectivity index (χ2n) is 7.07. The lowest BCUT2D eigenvalue weighted by Gasteiger charge is -2.33. The zero-order chi connectivity index (χ0) is 22.2. The highest BCUT2D eigenvalue weighted by atomic mass is 35.5. The highest BCUT2D eigenvalue weighted by Gasteiger charge is 2.32. The summed E-state index contributed by atoms with van der Waals surface area (Å²) in [4.78, 5) is 19.7. The first-order chi connectivity index (χ1) is 14.8. The van der Waals surface area contributed by atoms with Crippen LogP contribution in [0.5, 0.6) is 0 Å². The van der Waals surface area contributed by atoms with Gasteiger partial charge in [-0.3, -0.25) is 4.79 Å². The van der Waals surface area contributed by atoms with Crippen molar-refractivity contribution in [3.63, 3.8) is 0 Å². The molecule has 1 amide bonds. The van der Waals surface area contributed by atoms with Crippen LogP contribution >= 0.6 is 22.9 Å². The summed E-state index contributed by atoms with van der Waals surface area (Å²) in [5.41, 5.74) is 1.60. The molecule has 4 rings (SSSR count). The normalized spacial score (nSPS) is 15.3. The van der Waals surface area contributed by atoms with Crippen LogP contribution in [0.4, 0.5) is 4.39 Å². The molecule has 1 aromatic heterocycles. The van der Waals surface area contributed by atoms with Gasteiger partial charge in [0, 0.05) is 31.7 Å². The van der Waals surface area contributed by atoms with Gasteiger partial charge in [-0.15, -0.1) is 11.3 Å². The van der Waals surface area contributed by atoms with Crippen molar-refractivity contribution in [3.05, 3.63) is 69.9 Å². The second kappa shape index (κ2) is 8.66. The molecule has 1 aliphatic heterocycles. The van der Waals surface area contributed by atoms with Gasteiger partial charge in [0.1, 0.15) is 15.7 Å². The smallest absolute Gasteiger partial charge is 0.265 e. The number of piperazine rings is 1. The lowest BCUT2D eigenvalue weighted by atomic mass is 10.2. The van der Waals surface area contributed by atoms with Crippen LogP contribution in [0.1, 0.15) is 15.4 Å². The maximum absolute atomic E-state index is 13.4. The summed E-state index contributed by atoms with van der Waals surface area (Å²) in [6.45, 7) is 2.60. The number of amides is 1. The van der Waals surface area contributed by atoms with E-state index >= 15 is 0 Å². The van der Waals surface area contributed by atoms with Crippen molar-refractivity contribution in [1.82, 2.24) is 14.2 Å². The minimum absolute atomic E-state index is 0.0653. The van der Waals surface area contributed by atoms with Gasteiger partial charge in [0.15, 0.2) is 0 Å². The number of carbonyl (C=O) groups excluding carboxylic acids is 1. The van der Waals surface area contributed by atoms with Crippen LogP contribution < -0.4 is 0 Å². The number of benzene rings is 2. The van der Waals surface area contributed by atoms with Crippen molar-refractivity contribution in [2.75, 3.05) is 26.2 Å². The molecule has 10 heteroatoms. The summed E-state index contributed by atoms with van der Waals surface area (Å²) in [5, 5.41) is 0.528. The molecule has 2 heterocycles. The average Bonchev–Trinajstić information content (AvgIpc) is 3.17. The third-order valence-corrected chi connectivity index (χ3v) is 8.45. The van der Waals surface area contributed by atoms with E-state index in [-0.39, 0.29) is 42.0 Å². The van der Waals surface area contributed by atoms with Crippen molar-refractivity contribution >= 4 is 38.9 Å². The van der Waals surface area contributed by atoms with Gasteiger partial charge in [-0.2, -0.15) is 4.31 Å². The van der Waals surface area contributed by atoms with Gasteiger partial charge in [-0.25, -0.2) is 17.8 Å². The fourth-order valence-electron chi connectivity index (χ4n) is 3.36. The Morgan fingerprint density at radius 1 is 1.10 bits per heavy atom. The number of aromatic nitrogens is 1. The number of carbonyl (C=O) groups is 1. The summed E-state index contributed by atoms with van der Waals surface area (Å²) < 4.78 is 40.4. The maximum Gasteiger partial charge on any atom is 0.265 e. The topological polar surface area (TPSA) is 70.6 Å². The third kappa shape index (κ3) is 4.36. The van der Waals surface area contributed by atoms with Crippen LogP contribution in [0.2, 0.25) is 5.02 Å². The van der Waals surface area contributed by atoms with Gasteiger partial charge in [0.25, 0.3) is 5.91 Å². The van der Waals surface area contributed by atoms with Gasteiger partial charge in [0.05, 0.1) is 15.6 Å². The molecule has 0 atom stereocenters. The zero-order valence-corrected chi connectivity index (χ0v) is 19.0. The summed E-state index contributed by atoms with van der Waals surface area (Å²) >= 11 is 7.07. The first-order valence-electron chi connectivity index (χ1n) is 9.54. The van der Waals surface area contributed by atoms with Gasteiger partial charge >= 0.3 is 0 Å². The maximum atomic E-state index is 13.4. The highest BCUT2D eigenvalue weighted by molar-refractivity contribution is 7.89. The molecular formula is C21H19ClFN3O3S2. The number of hydrogen-bond acceptors (Lipinski definition) is 5. The number of thiazole rings is 1. The fourth-order valence-corrected chi connectivity index (χ4v) is 6.09. The second-order valence-corrected chi connectivity index (χ2v) is 10.4. The molecule has 0 bridgehead atoms. The molecule has 0 N–H and O–H groups in total. The molecule has 1 aliphatic rings. The van der Waals surface area contributed by atoms with Gasteiger partial charge < -0.3 is 4.90 Å². The van der Waals surface area contributed by atoms with Crippen LogP contribution in [-0.2, 0) is 10.0 Å². The first kappa shape index (κ1) is 21.9. The molecule has 1 fully saturated rings. The van der Waals surface area contributed by atoms with Crippen molar-refractivity contribution in [3.8, 4) is 10.6 Å². The molecule has 0 aliphatic carbocycles. The molecule has 162 valence electrons. The third-order valence-electron chi connectivity index (χ3n) is 5.07. The molecule has 6 nitrogen and oxygen atoms in total. The van der Waals surface area contributed by atoms with Gasteiger partial charge in [-0.05, 0) is 25.1 Å². The lowest BCUT2D eigenvalue weighted by molar-refractivity contribution is 0.0702. The largest absolute Gasteiger partial charge is 0.335 e. The summed E-state index contributed by atoms with van der Waals surface area (Å²) in [6.07, 6.45) is 0. The number of sulfonamides is 1. The van der Waals surface area contributed by atoms with E-state index in [1.54, 1.807) is 11.8 Å². The van der Waals surface area contributed by atoms with Gasteiger partial charge in [0.2, 0.25) is 10.0 Å². The molecule has 0 saturated carbocycles. The van der Waals surface area contributed by atoms with E-state index < -0.39 is 15.8 Å². The summed E-state index contributed by atoms with van der Waals surface area (Å²) in [6, 6.07) is 13.0. The molecule has 3 aromatic rings. The van der Waals surface area contributed by atoms with Crippen molar-refractivity contribution in [2.45, 2.75) is 11.8 Å². The molecule has 31 heavy (non-hydrogen) atoms. The standard InChI is InChI=1S/C21H19ClFN3O3S2/c1-14-19(30-20(24-14)15-5-3-2-4-6-15)21(27)25-9-11-26(12-10-25)31(28,29)16-7-8-18(23)17(22)13-16/h2-8,13H,9-12H2,1H3. The SMILES string of the molecule is Cc1nc(-c2ccccc2)sc1C(=O)N1CCN(S(=O)(=O)c2ccc(F)c(Cl)c2)CC1. The quantitative estimate of drug-likeness (QED) is 0.566. The number of aryl methyl sites for hydroxylation is 1. The number of rotatable bonds is 4. The predicted octanol–water partition coefficient (Wildman–Crippen LogP) is 4.06. The van der Waals surface area contributed by atoms with Gasteiger partial charge in [-0.1, -0.05) is 41.9 Å². The Morgan fingerprint density at radius 2 is 1.77 bits per heavy atom. The summed E-state index contributed by atoms with van der Waals surface area (Å²) in [5.74, 6) is -0.829. The Hall–Kier alpha value is -2.33. The lowest BCUT2D eigenvalue weighted by Crippen LogP contribution is -2.50. The molecule has 0 unspecified atom stereocenters. The summed E-state index contributed by atoms with van der Waals surface area (Å²) in [7, 11) is -3.82. The van der Waals surface area contributed by atoms with E-state index in [1.165, 1.54) is 21.7 Å². The van der Waals surface area contributed by atoms with Crippen molar-refractivity contribution in [2.24, 2.45) is 0 Å². The Morgan fingerprint density at radius 3 is 2.42 bits per heavy atom. The van der Waals surface area contributed by atoms with Crippen LogP contribution in [0.25, 0.3) is 10.6 Å². The van der Waals surface area contributed by atoms with Crippen LogP contribution in [0, 0.1) is 12.7 Å². The minimum atomic E-state index is -3.82. The Labute approximate surface area is 189 Å². The number of halogens is 2. The Bertz CT molecular complexity index is 1220. The Balaban J connectivity index is 1.47.